The molecule has 122 valence electrons. The number of rotatable bonds is 6. The molecule has 0 radical (unpaired) electrons. The lowest BCUT2D eigenvalue weighted by molar-refractivity contribution is -0.120. The molecule has 0 aliphatic heterocycles. The first kappa shape index (κ1) is 20.9. The molecule has 0 spiro atoms. The molecule has 7 heteroatoms. The fraction of sp³-hybridized carbons (Fsp3) is 0.333. The third-order valence-electron chi connectivity index (χ3n) is 2.90. The van der Waals surface area contributed by atoms with E-state index in [1.165, 1.54) is 5.56 Å². The molecule has 0 unspecified atom stereocenters. The fourth-order valence-corrected chi connectivity index (χ4v) is 2.60. The molecule has 0 aliphatic rings. The number of nitrogens with zero attached hydrogens (tertiary/aromatic N) is 1. The second kappa shape index (κ2) is 10.6. The minimum Gasteiger partial charge on any atom is -0.356 e. The van der Waals surface area contributed by atoms with Gasteiger partial charge in [-0.3, -0.25) is 4.79 Å². The summed E-state index contributed by atoms with van der Waals surface area (Å²) in [6.45, 7) is 3.28. The largest absolute Gasteiger partial charge is 0.356 e. The predicted octanol–water partition coefficient (Wildman–Crippen LogP) is 2.97. The number of nitrogens with two attached hydrogens (primary N) is 1. The third-order valence-corrected chi connectivity index (χ3v) is 3.84. The zero-order valence-corrected chi connectivity index (χ0v) is 14.8. The van der Waals surface area contributed by atoms with Crippen LogP contribution in [0, 0.1) is 6.92 Å². The lowest BCUT2D eigenvalue weighted by Gasteiger charge is -2.02. The minimum absolute atomic E-state index is 0. The van der Waals surface area contributed by atoms with Crippen LogP contribution in [0.15, 0.2) is 29.6 Å². The molecule has 1 aromatic heterocycles. The van der Waals surface area contributed by atoms with Crippen molar-refractivity contribution in [2.24, 2.45) is 5.73 Å². The SMILES string of the molecule is Cc1ccc(-c2nc(CC(=O)NCCCN)cs2)cc1.Cl.Cl. The molecule has 1 aromatic carbocycles. The van der Waals surface area contributed by atoms with Crippen molar-refractivity contribution in [3.05, 3.63) is 40.9 Å². The van der Waals surface area contributed by atoms with Crippen LogP contribution in [0.4, 0.5) is 0 Å². The molecular weight excluding hydrogens is 341 g/mol. The lowest BCUT2D eigenvalue weighted by Crippen LogP contribution is -2.27. The first-order chi connectivity index (χ1) is 9.69. The monoisotopic (exact) mass is 361 g/mol. The Bertz CT molecular complexity index is 572. The number of aromatic nitrogens is 1. The van der Waals surface area contributed by atoms with Crippen molar-refractivity contribution in [2.75, 3.05) is 13.1 Å². The van der Waals surface area contributed by atoms with Crippen LogP contribution in [0.3, 0.4) is 0 Å². The molecular formula is C15H21Cl2N3OS. The zero-order chi connectivity index (χ0) is 14.4. The van der Waals surface area contributed by atoms with Gasteiger partial charge in [0.15, 0.2) is 0 Å². The number of amides is 1. The van der Waals surface area contributed by atoms with Crippen LogP contribution in [-0.4, -0.2) is 24.0 Å². The molecule has 1 heterocycles. The first-order valence-electron chi connectivity index (χ1n) is 6.67. The Morgan fingerprint density at radius 1 is 1.27 bits per heavy atom. The molecule has 3 N–H and O–H groups in total. The summed E-state index contributed by atoms with van der Waals surface area (Å²) in [6.07, 6.45) is 1.13. The first-order valence-corrected chi connectivity index (χ1v) is 7.55. The van der Waals surface area contributed by atoms with Crippen molar-refractivity contribution in [3.63, 3.8) is 0 Å². The molecule has 4 nitrogen and oxygen atoms in total. The molecule has 2 rings (SSSR count). The molecule has 1 amide bonds. The third kappa shape index (κ3) is 6.32. The van der Waals surface area contributed by atoms with Gasteiger partial charge in [0.05, 0.1) is 12.1 Å². The summed E-state index contributed by atoms with van der Waals surface area (Å²) in [7, 11) is 0. The van der Waals surface area contributed by atoms with Crippen LogP contribution in [0.25, 0.3) is 10.6 Å². The van der Waals surface area contributed by atoms with Gasteiger partial charge in [-0.05, 0) is 19.9 Å². The summed E-state index contributed by atoms with van der Waals surface area (Å²) in [5, 5.41) is 5.73. The highest BCUT2D eigenvalue weighted by atomic mass is 35.5. The van der Waals surface area contributed by atoms with E-state index in [1.54, 1.807) is 11.3 Å². The fourth-order valence-electron chi connectivity index (χ4n) is 1.77. The van der Waals surface area contributed by atoms with Gasteiger partial charge in [0, 0.05) is 17.5 Å². The standard InChI is InChI=1S/C15H19N3OS.2ClH/c1-11-3-5-12(6-4-11)15-18-13(10-20-15)9-14(19)17-8-2-7-16;;/h3-6,10H,2,7-9,16H2,1H3,(H,17,19);2*1H. The van der Waals surface area contributed by atoms with Gasteiger partial charge < -0.3 is 11.1 Å². The number of carbonyl (C=O) groups excluding carboxylic acids is 1. The molecule has 0 fully saturated rings. The Morgan fingerprint density at radius 3 is 2.59 bits per heavy atom. The number of carbonyl (C=O) groups is 1. The number of nitrogens with one attached hydrogen (secondary N) is 1. The average molecular weight is 362 g/mol. The number of thiazole rings is 1. The second-order valence-corrected chi connectivity index (χ2v) is 5.54. The van der Waals surface area contributed by atoms with E-state index in [4.69, 9.17) is 5.73 Å². The summed E-state index contributed by atoms with van der Waals surface area (Å²) in [6, 6.07) is 8.24. The van der Waals surface area contributed by atoms with Gasteiger partial charge in [-0.1, -0.05) is 29.8 Å². The van der Waals surface area contributed by atoms with Crippen molar-refractivity contribution >= 4 is 42.1 Å². The van der Waals surface area contributed by atoms with Gasteiger partial charge in [0.2, 0.25) is 5.91 Å². The van der Waals surface area contributed by atoms with E-state index in [9.17, 15) is 4.79 Å². The number of halogens is 2. The van der Waals surface area contributed by atoms with E-state index in [2.05, 4.69) is 41.5 Å². The molecule has 0 bridgehead atoms. The van der Waals surface area contributed by atoms with Crippen molar-refractivity contribution in [1.29, 1.82) is 0 Å². The Balaban J connectivity index is 0.00000220. The van der Waals surface area contributed by atoms with Gasteiger partial charge in [-0.15, -0.1) is 36.2 Å². The number of hydrogen-bond acceptors (Lipinski definition) is 4. The summed E-state index contributed by atoms with van der Waals surface area (Å²) < 4.78 is 0. The second-order valence-electron chi connectivity index (χ2n) is 4.68. The highest BCUT2D eigenvalue weighted by molar-refractivity contribution is 7.13. The summed E-state index contributed by atoms with van der Waals surface area (Å²) in [5.41, 5.74) is 8.52. The molecule has 2 aromatic rings. The lowest BCUT2D eigenvalue weighted by atomic mass is 10.2. The molecule has 0 saturated heterocycles. The molecule has 0 atom stereocenters. The van der Waals surface area contributed by atoms with Crippen LogP contribution >= 0.6 is 36.2 Å². The summed E-state index contributed by atoms with van der Waals surface area (Å²) in [5.74, 6) is -0.000735. The van der Waals surface area contributed by atoms with Gasteiger partial charge >= 0.3 is 0 Å². The van der Waals surface area contributed by atoms with Gasteiger partial charge in [0.25, 0.3) is 0 Å². The molecule has 22 heavy (non-hydrogen) atoms. The van der Waals surface area contributed by atoms with E-state index >= 15 is 0 Å². The zero-order valence-electron chi connectivity index (χ0n) is 12.4. The number of aryl methyl sites for hydroxylation is 1. The maximum Gasteiger partial charge on any atom is 0.226 e. The maximum absolute atomic E-state index is 11.7. The highest BCUT2D eigenvalue weighted by Gasteiger charge is 2.08. The van der Waals surface area contributed by atoms with E-state index in [1.807, 2.05) is 5.38 Å². The smallest absolute Gasteiger partial charge is 0.226 e. The van der Waals surface area contributed by atoms with E-state index < -0.39 is 0 Å². The minimum atomic E-state index is -0.000735. The number of hydrogen-bond donors (Lipinski definition) is 2. The van der Waals surface area contributed by atoms with Crippen LogP contribution < -0.4 is 11.1 Å². The van der Waals surface area contributed by atoms with Crippen molar-refractivity contribution in [1.82, 2.24) is 10.3 Å². The topological polar surface area (TPSA) is 68.0 Å². The Labute approximate surface area is 147 Å². The van der Waals surface area contributed by atoms with Crippen molar-refractivity contribution in [2.45, 2.75) is 19.8 Å². The Morgan fingerprint density at radius 2 is 1.95 bits per heavy atom. The summed E-state index contributed by atoms with van der Waals surface area (Å²) in [4.78, 5) is 16.2. The maximum atomic E-state index is 11.7. The van der Waals surface area contributed by atoms with E-state index in [-0.39, 0.29) is 30.7 Å². The van der Waals surface area contributed by atoms with E-state index in [0.717, 1.165) is 22.7 Å². The average Bonchev–Trinajstić information content (AvgIpc) is 2.88. The summed E-state index contributed by atoms with van der Waals surface area (Å²) >= 11 is 1.57. The van der Waals surface area contributed by atoms with E-state index in [0.29, 0.717) is 19.5 Å². The van der Waals surface area contributed by atoms with Crippen molar-refractivity contribution < 1.29 is 4.79 Å². The predicted molar refractivity (Wildman–Crippen MR) is 97.2 cm³/mol. The van der Waals surface area contributed by atoms with Crippen LogP contribution in [0.1, 0.15) is 17.7 Å². The molecule has 0 saturated carbocycles. The van der Waals surface area contributed by atoms with Gasteiger partial charge in [-0.2, -0.15) is 0 Å². The van der Waals surface area contributed by atoms with Crippen LogP contribution in [0.2, 0.25) is 0 Å². The van der Waals surface area contributed by atoms with Gasteiger partial charge in [0.1, 0.15) is 5.01 Å². The molecule has 0 aliphatic carbocycles. The van der Waals surface area contributed by atoms with Crippen LogP contribution in [0.5, 0.6) is 0 Å². The Hall–Kier alpha value is -1.14. The van der Waals surface area contributed by atoms with Crippen LogP contribution in [-0.2, 0) is 11.2 Å². The van der Waals surface area contributed by atoms with Crippen molar-refractivity contribution in [3.8, 4) is 10.6 Å². The van der Waals surface area contributed by atoms with Gasteiger partial charge in [-0.25, -0.2) is 4.98 Å². The Kier molecular flexibility index (Phi) is 10.0. The number of benzene rings is 1. The normalized spacial score (nSPS) is 9.55. The highest BCUT2D eigenvalue weighted by Crippen LogP contribution is 2.24. The quantitative estimate of drug-likeness (QED) is 0.777.